The number of esters is 1. The highest BCUT2D eigenvalue weighted by Gasteiger charge is 2.27. The zero-order valence-corrected chi connectivity index (χ0v) is 21.0. The summed E-state index contributed by atoms with van der Waals surface area (Å²) in [5.74, 6) is -0.349. The monoisotopic (exact) mass is 441 g/mol. The van der Waals surface area contributed by atoms with E-state index in [4.69, 9.17) is 4.74 Å². The van der Waals surface area contributed by atoms with Crippen molar-refractivity contribution in [2.45, 2.75) is 136 Å². The number of carbonyl (C=O) groups excluding carboxylic acids is 2. The van der Waals surface area contributed by atoms with Crippen LogP contribution in [0.5, 0.6) is 0 Å². The fraction of sp³-hybridized carbons (Fsp3) is 0.923. The average molecular weight is 442 g/mol. The molecule has 0 aliphatic carbocycles. The van der Waals surface area contributed by atoms with E-state index in [0.717, 1.165) is 19.3 Å². The lowest BCUT2D eigenvalue weighted by atomic mass is 9.99. The highest BCUT2D eigenvalue weighted by Crippen LogP contribution is 2.14. The molecular formula is C26H51NO4. The normalized spacial score (nSPS) is 12.9. The minimum atomic E-state index is -0.640. The van der Waals surface area contributed by atoms with Crippen LogP contribution in [0.15, 0.2) is 0 Å². The second-order valence-corrected chi connectivity index (χ2v) is 8.97. The third kappa shape index (κ3) is 18.1. The summed E-state index contributed by atoms with van der Waals surface area (Å²) in [5, 5.41) is 2.59. The first-order chi connectivity index (χ1) is 15.1. The summed E-state index contributed by atoms with van der Waals surface area (Å²) >= 11 is 0. The highest BCUT2D eigenvalue weighted by atomic mass is 16.5. The maximum Gasteiger partial charge on any atom is 0.407 e. The summed E-state index contributed by atoms with van der Waals surface area (Å²) in [6.45, 7) is 6.61. The molecule has 0 radical (unpaired) electrons. The van der Waals surface area contributed by atoms with Gasteiger partial charge < -0.3 is 14.8 Å². The zero-order chi connectivity index (χ0) is 23.2. The van der Waals surface area contributed by atoms with Crippen LogP contribution in [0.4, 0.5) is 4.79 Å². The first kappa shape index (κ1) is 29.7. The molecule has 0 aliphatic rings. The van der Waals surface area contributed by atoms with Crippen LogP contribution in [-0.2, 0) is 14.3 Å². The summed E-state index contributed by atoms with van der Waals surface area (Å²) in [6.07, 6.45) is 21.3. The van der Waals surface area contributed by atoms with Crippen LogP contribution in [0.1, 0.15) is 130 Å². The minimum absolute atomic E-state index is 0.0115. The van der Waals surface area contributed by atoms with E-state index < -0.39 is 12.1 Å². The van der Waals surface area contributed by atoms with Crippen LogP contribution in [0.2, 0.25) is 0 Å². The van der Waals surface area contributed by atoms with E-state index >= 15 is 0 Å². The number of amides is 1. The largest absolute Gasteiger partial charge is 0.464 e. The Morgan fingerprint density at radius 2 is 1.13 bits per heavy atom. The van der Waals surface area contributed by atoms with Gasteiger partial charge in [-0.3, -0.25) is 0 Å². The number of methoxy groups -OCH3 is 1. The van der Waals surface area contributed by atoms with E-state index in [1.54, 1.807) is 0 Å². The molecule has 0 fully saturated rings. The third-order valence-corrected chi connectivity index (χ3v) is 6.17. The van der Waals surface area contributed by atoms with Gasteiger partial charge in [0.15, 0.2) is 0 Å². The van der Waals surface area contributed by atoms with Gasteiger partial charge in [0.2, 0.25) is 0 Å². The Morgan fingerprint density at radius 1 is 0.710 bits per heavy atom. The van der Waals surface area contributed by atoms with E-state index in [2.05, 4.69) is 17.0 Å². The molecule has 0 heterocycles. The Bertz CT molecular complexity index is 428. The topological polar surface area (TPSA) is 64.6 Å². The minimum Gasteiger partial charge on any atom is -0.464 e. The maximum absolute atomic E-state index is 12.3. The molecular weight excluding hydrogens is 390 g/mol. The molecule has 0 saturated carbocycles. The van der Waals surface area contributed by atoms with Gasteiger partial charge in [-0.1, -0.05) is 124 Å². The lowest BCUT2D eigenvalue weighted by Crippen LogP contribution is -2.46. The van der Waals surface area contributed by atoms with Crippen molar-refractivity contribution in [3.63, 3.8) is 0 Å². The molecule has 0 rings (SSSR count). The predicted octanol–water partition coefficient (Wildman–Crippen LogP) is 7.56. The van der Waals surface area contributed by atoms with Gasteiger partial charge in [0.25, 0.3) is 0 Å². The number of ether oxygens (including phenoxy) is 2. The molecule has 184 valence electrons. The van der Waals surface area contributed by atoms with Gasteiger partial charge >= 0.3 is 12.1 Å². The number of rotatable bonds is 21. The van der Waals surface area contributed by atoms with Crippen molar-refractivity contribution < 1.29 is 19.1 Å². The smallest absolute Gasteiger partial charge is 0.407 e. The van der Waals surface area contributed by atoms with Gasteiger partial charge in [-0.2, -0.15) is 0 Å². The van der Waals surface area contributed by atoms with Crippen LogP contribution >= 0.6 is 0 Å². The lowest BCUT2D eigenvalue weighted by molar-refractivity contribution is -0.147. The maximum atomic E-state index is 12.3. The number of alkyl carbamates (subject to hydrolysis) is 1. The van der Waals surface area contributed by atoms with Crippen molar-refractivity contribution in [3.8, 4) is 0 Å². The Kier molecular flexibility index (Phi) is 21.1. The average Bonchev–Trinajstić information content (AvgIpc) is 2.78. The van der Waals surface area contributed by atoms with Crippen molar-refractivity contribution in [1.29, 1.82) is 0 Å². The quantitative estimate of drug-likeness (QED) is 0.147. The molecule has 1 amide bonds. The summed E-state index contributed by atoms with van der Waals surface area (Å²) in [6, 6.07) is -0.640. The van der Waals surface area contributed by atoms with Crippen molar-refractivity contribution in [2.24, 2.45) is 5.92 Å². The molecule has 0 aliphatic heterocycles. The van der Waals surface area contributed by atoms with Gasteiger partial charge in [-0.25, -0.2) is 9.59 Å². The van der Waals surface area contributed by atoms with Gasteiger partial charge in [-0.15, -0.1) is 0 Å². The molecule has 2 unspecified atom stereocenters. The number of hydrogen-bond acceptors (Lipinski definition) is 4. The van der Waals surface area contributed by atoms with Crippen molar-refractivity contribution >= 4 is 12.1 Å². The molecule has 0 saturated heterocycles. The summed E-state index contributed by atoms with van der Waals surface area (Å²) < 4.78 is 9.99. The van der Waals surface area contributed by atoms with Crippen LogP contribution in [-0.4, -0.2) is 31.8 Å². The first-order valence-electron chi connectivity index (χ1n) is 13.1. The fourth-order valence-corrected chi connectivity index (χ4v) is 3.77. The van der Waals surface area contributed by atoms with Crippen molar-refractivity contribution in [2.75, 3.05) is 13.7 Å². The molecule has 5 heteroatoms. The van der Waals surface area contributed by atoms with E-state index in [0.29, 0.717) is 6.61 Å². The van der Waals surface area contributed by atoms with Gasteiger partial charge in [0, 0.05) is 0 Å². The van der Waals surface area contributed by atoms with E-state index in [1.807, 2.05) is 13.8 Å². The molecule has 0 spiro atoms. The highest BCUT2D eigenvalue weighted by molar-refractivity contribution is 5.81. The van der Waals surface area contributed by atoms with E-state index in [9.17, 15) is 9.59 Å². The second-order valence-electron chi connectivity index (χ2n) is 8.97. The Hall–Kier alpha value is -1.26. The van der Waals surface area contributed by atoms with Crippen molar-refractivity contribution in [1.82, 2.24) is 5.32 Å². The van der Waals surface area contributed by atoms with Gasteiger partial charge in [0.1, 0.15) is 6.04 Å². The summed E-state index contributed by atoms with van der Waals surface area (Å²) in [5.41, 5.74) is 0. The number of nitrogens with one attached hydrogen (secondary N) is 1. The molecule has 2 atom stereocenters. The Balaban J connectivity index is 3.52. The van der Waals surface area contributed by atoms with Crippen LogP contribution < -0.4 is 5.32 Å². The molecule has 0 bridgehead atoms. The van der Waals surface area contributed by atoms with Crippen molar-refractivity contribution in [3.05, 3.63) is 0 Å². The SMILES string of the molecule is CCCCCCCCCCCCCCCCCCOC(=O)C(NC(=O)OC)C(C)CC. The standard InChI is InChI=1S/C26H51NO4/c1-5-7-8-9-10-11-12-13-14-15-16-17-18-19-20-21-22-31-25(28)24(23(3)6-2)27-26(29)30-4/h23-24H,5-22H2,1-4H3,(H,27,29). The fourth-order valence-electron chi connectivity index (χ4n) is 3.77. The van der Waals surface area contributed by atoms with Crippen LogP contribution in [0.3, 0.4) is 0 Å². The molecule has 31 heavy (non-hydrogen) atoms. The Labute approximate surface area is 192 Å². The number of unbranched alkanes of at least 4 members (excludes halogenated alkanes) is 15. The zero-order valence-electron chi connectivity index (χ0n) is 21.0. The number of hydrogen-bond donors (Lipinski definition) is 1. The molecule has 0 aromatic rings. The van der Waals surface area contributed by atoms with E-state index in [-0.39, 0.29) is 11.9 Å². The van der Waals surface area contributed by atoms with Gasteiger partial charge in [0.05, 0.1) is 13.7 Å². The molecule has 5 nitrogen and oxygen atoms in total. The number of carbonyl (C=O) groups is 2. The van der Waals surface area contributed by atoms with E-state index in [1.165, 1.54) is 97.0 Å². The third-order valence-electron chi connectivity index (χ3n) is 6.17. The molecule has 0 aromatic carbocycles. The molecule has 0 aromatic heterocycles. The van der Waals surface area contributed by atoms with Crippen LogP contribution in [0, 0.1) is 5.92 Å². The van der Waals surface area contributed by atoms with Crippen LogP contribution in [0.25, 0.3) is 0 Å². The lowest BCUT2D eigenvalue weighted by Gasteiger charge is -2.21. The summed E-state index contributed by atoms with van der Waals surface area (Å²) in [4.78, 5) is 23.7. The Morgan fingerprint density at radius 3 is 1.52 bits per heavy atom. The predicted molar refractivity (Wildman–Crippen MR) is 129 cm³/mol. The summed E-state index contributed by atoms with van der Waals surface area (Å²) in [7, 11) is 1.30. The second kappa shape index (κ2) is 22.0. The van der Waals surface area contributed by atoms with Gasteiger partial charge in [-0.05, 0) is 12.3 Å². The first-order valence-corrected chi connectivity index (χ1v) is 13.1. The molecule has 1 N–H and O–H groups in total.